The van der Waals surface area contributed by atoms with Gasteiger partial charge in [0.1, 0.15) is 5.69 Å². The van der Waals surface area contributed by atoms with E-state index in [4.69, 9.17) is 0 Å². The first kappa shape index (κ1) is 13.1. The van der Waals surface area contributed by atoms with Gasteiger partial charge in [0, 0.05) is 19.0 Å². The van der Waals surface area contributed by atoms with Gasteiger partial charge in [0.15, 0.2) is 11.0 Å². The van der Waals surface area contributed by atoms with Crippen LogP contribution < -0.4 is 5.32 Å². The Hall–Kier alpha value is -1.88. The Kier molecular flexibility index (Phi) is 3.44. The van der Waals surface area contributed by atoms with Gasteiger partial charge >= 0.3 is 0 Å². The van der Waals surface area contributed by atoms with E-state index in [1.807, 2.05) is 25.2 Å². The van der Waals surface area contributed by atoms with Crippen LogP contribution in [0.2, 0.25) is 0 Å². The number of hydrogen-bond donors (Lipinski definition) is 1. The van der Waals surface area contributed by atoms with Crippen molar-refractivity contribution in [3.05, 3.63) is 29.6 Å². The van der Waals surface area contributed by atoms with Gasteiger partial charge in [-0.3, -0.25) is 0 Å². The van der Waals surface area contributed by atoms with Crippen LogP contribution in [0.15, 0.2) is 29.6 Å². The maximum atomic E-state index is 4.67. The van der Waals surface area contributed by atoms with E-state index >= 15 is 0 Å². The first-order valence-corrected chi connectivity index (χ1v) is 7.64. The highest BCUT2D eigenvalue weighted by Crippen LogP contribution is 2.26. The number of benzene rings is 1. The summed E-state index contributed by atoms with van der Waals surface area (Å²) >= 11 is 1.63. The number of hydrogen-bond acceptors (Lipinski definition) is 4. The minimum absolute atomic E-state index is 0.609. The molecule has 0 saturated heterocycles. The molecule has 0 amide bonds. The van der Waals surface area contributed by atoms with E-state index in [9.17, 15) is 0 Å². The minimum Gasteiger partial charge on any atom is -0.361 e. The Morgan fingerprint density at radius 3 is 2.80 bits per heavy atom. The van der Waals surface area contributed by atoms with Crippen molar-refractivity contribution in [2.45, 2.75) is 13.8 Å². The van der Waals surface area contributed by atoms with E-state index in [0.29, 0.717) is 5.92 Å². The van der Waals surface area contributed by atoms with Gasteiger partial charge in [-0.15, -0.1) is 11.3 Å². The summed E-state index contributed by atoms with van der Waals surface area (Å²) in [5.41, 5.74) is 3.07. The van der Waals surface area contributed by atoms with Crippen molar-refractivity contribution in [3.63, 3.8) is 0 Å². The molecule has 1 aromatic carbocycles. The number of anilines is 1. The summed E-state index contributed by atoms with van der Waals surface area (Å²) in [5, 5.41) is 6.38. The Bertz CT molecular complexity index is 726. The molecule has 2 heterocycles. The highest BCUT2D eigenvalue weighted by Gasteiger charge is 2.12. The Morgan fingerprint density at radius 1 is 1.25 bits per heavy atom. The van der Waals surface area contributed by atoms with Crippen LogP contribution in [0.5, 0.6) is 0 Å². The van der Waals surface area contributed by atoms with E-state index in [1.165, 1.54) is 0 Å². The molecule has 3 aromatic rings. The van der Waals surface area contributed by atoms with Crippen LogP contribution in [-0.2, 0) is 7.05 Å². The number of nitrogens with zero attached hydrogens (tertiary/aromatic N) is 3. The van der Waals surface area contributed by atoms with Crippen molar-refractivity contribution in [3.8, 4) is 11.5 Å². The number of para-hydroxylation sites is 2. The van der Waals surface area contributed by atoms with Crippen molar-refractivity contribution in [2.75, 3.05) is 11.9 Å². The third kappa shape index (κ3) is 2.41. The van der Waals surface area contributed by atoms with E-state index in [0.717, 1.165) is 34.2 Å². The standard InChI is InChI=1S/C15H18N4S/c1-10(2)8-16-15-18-12(9-20-15)14-17-11-6-4-5-7-13(11)19(14)3/h4-7,9-10H,8H2,1-3H3,(H,16,18). The molecule has 0 bridgehead atoms. The number of imidazole rings is 1. The molecule has 0 aliphatic carbocycles. The molecule has 0 radical (unpaired) electrons. The lowest BCUT2D eigenvalue weighted by Gasteiger charge is -2.04. The molecule has 104 valence electrons. The number of thiazole rings is 1. The molecule has 0 fully saturated rings. The van der Waals surface area contributed by atoms with Gasteiger partial charge in [0.2, 0.25) is 0 Å². The smallest absolute Gasteiger partial charge is 0.183 e. The first-order chi connectivity index (χ1) is 9.65. The van der Waals surface area contributed by atoms with E-state index < -0.39 is 0 Å². The lowest BCUT2D eigenvalue weighted by molar-refractivity contribution is 0.688. The second-order valence-corrected chi connectivity index (χ2v) is 6.15. The van der Waals surface area contributed by atoms with E-state index in [-0.39, 0.29) is 0 Å². The Balaban J connectivity index is 1.93. The summed E-state index contributed by atoms with van der Waals surface area (Å²) in [6.45, 7) is 5.31. The molecule has 3 rings (SSSR count). The topological polar surface area (TPSA) is 42.7 Å². The third-order valence-corrected chi connectivity index (χ3v) is 3.98. The molecule has 0 aliphatic rings. The molecule has 0 atom stereocenters. The van der Waals surface area contributed by atoms with Crippen molar-refractivity contribution >= 4 is 27.5 Å². The molecule has 20 heavy (non-hydrogen) atoms. The van der Waals surface area contributed by atoms with E-state index in [2.05, 4.69) is 45.1 Å². The lowest BCUT2D eigenvalue weighted by Crippen LogP contribution is -2.07. The number of rotatable bonds is 4. The first-order valence-electron chi connectivity index (χ1n) is 6.76. The fraction of sp³-hybridized carbons (Fsp3) is 0.333. The van der Waals surface area contributed by atoms with Crippen molar-refractivity contribution in [1.29, 1.82) is 0 Å². The van der Waals surface area contributed by atoms with Crippen LogP contribution in [0.3, 0.4) is 0 Å². The summed E-state index contributed by atoms with van der Waals surface area (Å²) in [5.74, 6) is 1.53. The largest absolute Gasteiger partial charge is 0.361 e. The predicted octanol–water partition coefficient (Wildman–Crippen LogP) is 3.76. The molecule has 4 nitrogen and oxygen atoms in total. The average Bonchev–Trinajstić information content (AvgIpc) is 3.02. The molecule has 0 saturated carbocycles. The Morgan fingerprint density at radius 2 is 2.05 bits per heavy atom. The summed E-state index contributed by atoms with van der Waals surface area (Å²) in [6, 6.07) is 8.15. The quantitative estimate of drug-likeness (QED) is 0.794. The third-order valence-electron chi connectivity index (χ3n) is 3.18. The molecule has 5 heteroatoms. The fourth-order valence-electron chi connectivity index (χ4n) is 2.12. The van der Waals surface area contributed by atoms with Crippen molar-refractivity contribution < 1.29 is 0 Å². The van der Waals surface area contributed by atoms with Crippen LogP contribution in [0.4, 0.5) is 5.13 Å². The molecule has 0 unspecified atom stereocenters. The van der Waals surface area contributed by atoms with Gasteiger partial charge in [0.05, 0.1) is 11.0 Å². The van der Waals surface area contributed by atoms with Gasteiger partial charge in [-0.05, 0) is 18.1 Å². The van der Waals surface area contributed by atoms with Crippen molar-refractivity contribution in [2.24, 2.45) is 13.0 Å². The van der Waals surface area contributed by atoms with Crippen LogP contribution in [0, 0.1) is 5.92 Å². The highest BCUT2D eigenvalue weighted by atomic mass is 32.1. The van der Waals surface area contributed by atoms with Gasteiger partial charge in [-0.2, -0.15) is 0 Å². The van der Waals surface area contributed by atoms with Crippen LogP contribution >= 0.6 is 11.3 Å². The Labute approximate surface area is 122 Å². The fourth-order valence-corrected chi connectivity index (χ4v) is 2.82. The van der Waals surface area contributed by atoms with Crippen molar-refractivity contribution in [1.82, 2.24) is 14.5 Å². The monoisotopic (exact) mass is 286 g/mol. The summed E-state index contributed by atoms with van der Waals surface area (Å²) in [7, 11) is 2.03. The zero-order valence-corrected chi connectivity index (χ0v) is 12.7. The molecule has 0 aliphatic heterocycles. The summed E-state index contributed by atoms with van der Waals surface area (Å²) < 4.78 is 2.09. The SMILES string of the molecule is CC(C)CNc1nc(-c2nc3ccccc3n2C)cs1. The van der Waals surface area contributed by atoms with Crippen LogP contribution in [0.1, 0.15) is 13.8 Å². The molecule has 0 spiro atoms. The second-order valence-electron chi connectivity index (χ2n) is 5.30. The predicted molar refractivity (Wildman–Crippen MR) is 85.1 cm³/mol. The minimum atomic E-state index is 0.609. The lowest BCUT2D eigenvalue weighted by atomic mass is 10.2. The zero-order chi connectivity index (χ0) is 14.1. The number of fused-ring (bicyclic) bond motifs is 1. The number of aryl methyl sites for hydroxylation is 1. The summed E-state index contributed by atoms with van der Waals surface area (Å²) in [4.78, 5) is 9.30. The van der Waals surface area contributed by atoms with Gasteiger partial charge in [0.25, 0.3) is 0 Å². The van der Waals surface area contributed by atoms with Crippen LogP contribution in [-0.4, -0.2) is 21.1 Å². The average molecular weight is 286 g/mol. The summed E-state index contributed by atoms with van der Waals surface area (Å²) in [6.07, 6.45) is 0. The maximum Gasteiger partial charge on any atom is 0.183 e. The highest BCUT2D eigenvalue weighted by molar-refractivity contribution is 7.14. The molecule has 1 N–H and O–H groups in total. The van der Waals surface area contributed by atoms with Gasteiger partial charge in [-0.25, -0.2) is 9.97 Å². The van der Waals surface area contributed by atoms with E-state index in [1.54, 1.807) is 11.3 Å². The molecular weight excluding hydrogens is 268 g/mol. The van der Waals surface area contributed by atoms with Gasteiger partial charge < -0.3 is 9.88 Å². The molecular formula is C15H18N4S. The van der Waals surface area contributed by atoms with Gasteiger partial charge in [-0.1, -0.05) is 26.0 Å². The number of aromatic nitrogens is 3. The maximum absolute atomic E-state index is 4.67. The number of nitrogens with one attached hydrogen (secondary N) is 1. The van der Waals surface area contributed by atoms with Crippen LogP contribution in [0.25, 0.3) is 22.6 Å². The molecule has 2 aromatic heterocycles. The zero-order valence-electron chi connectivity index (χ0n) is 11.9. The second kappa shape index (κ2) is 5.25. The normalized spacial score (nSPS) is 11.4.